The Morgan fingerprint density at radius 2 is 1.71 bits per heavy atom. The first-order chi connectivity index (χ1) is 10.1. The van der Waals surface area contributed by atoms with Gasteiger partial charge < -0.3 is 15.4 Å². The molecule has 0 bridgehead atoms. The molecule has 0 spiro atoms. The van der Waals surface area contributed by atoms with Crippen molar-refractivity contribution in [3.05, 3.63) is 53.6 Å². The van der Waals surface area contributed by atoms with Crippen LogP contribution in [0.3, 0.4) is 0 Å². The average molecular weight is 290 g/mol. The Labute approximate surface area is 119 Å². The summed E-state index contributed by atoms with van der Waals surface area (Å²) in [6, 6.07) is 7.97. The third-order valence-corrected chi connectivity index (χ3v) is 3.12. The number of amides is 2. The van der Waals surface area contributed by atoms with Gasteiger partial charge in [0.25, 0.3) is 0 Å². The maximum atomic E-state index is 13.0. The molecule has 0 aliphatic carbocycles. The summed E-state index contributed by atoms with van der Waals surface area (Å²) in [6.07, 6.45) is 0.801. The molecule has 1 aliphatic rings. The van der Waals surface area contributed by atoms with Crippen LogP contribution >= 0.6 is 0 Å². The molecule has 0 saturated carbocycles. The first kappa shape index (κ1) is 13.4. The molecule has 0 radical (unpaired) electrons. The number of halogens is 2. The summed E-state index contributed by atoms with van der Waals surface area (Å²) >= 11 is 0. The number of hydrogen-bond acceptors (Lipinski definition) is 2. The summed E-state index contributed by atoms with van der Waals surface area (Å²) < 4.78 is 31.2. The van der Waals surface area contributed by atoms with Crippen LogP contribution in [0.25, 0.3) is 0 Å². The van der Waals surface area contributed by atoms with Crippen molar-refractivity contribution in [2.75, 3.05) is 17.2 Å². The van der Waals surface area contributed by atoms with Crippen LogP contribution < -0.4 is 15.4 Å². The highest BCUT2D eigenvalue weighted by Gasteiger charge is 2.13. The van der Waals surface area contributed by atoms with Crippen molar-refractivity contribution in [3.8, 4) is 5.75 Å². The molecule has 4 nitrogen and oxygen atoms in total. The highest BCUT2D eigenvalue weighted by Crippen LogP contribution is 2.27. The maximum Gasteiger partial charge on any atom is 0.323 e. The van der Waals surface area contributed by atoms with E-state index in [4.69, 9.17) is 4.74 Å². The topological polar surface area (TPSA) is 50.4 Å². The third kappa shape index (κ3) is 2.94. The van der Waals surface area contributed by atoms with E-state index in [1.165, 1.54) is 6.07 Å². The molecule has 3 rings (SSSR count). The molecule has 0 atom stereocenters. The largest absolute Gasteiger partial charge is 0.493 e. The fourth-order valence-electron chi connectivity index (χ4n) is 2.13. The second-order valence-electron chi connectivity index (χ2n) is 4.63. The standard InChI is InChI=1S/C15H12F2N2O2/c16-12-3-1-11(8-13(12)17)19-15(20)18-10-2-4-14-9(7-10)5-6-21-14/h1-4,7-8H,5-6H2,(H2,18,19,20). The molecule has 2 aromatic rings. The summed E-state index contributed by atoms with van der Waals surface area (Å²) in [5.74, 6) is -1.15. The Bertz CT molecular complexity index is 704. The Hall–Kier alpha value is -2.63. The number of anilines is 2. The zero-order valence-electron chi connectivity index (χ0n) is 11.0. The Balaban J connectivity index is 1.67. The predicted octanol–water partition coefficient (Wildman–Crippen LogP) is 3.54. The number of hydrogen-bond donors (Lipinski definition) is 2. The van der Waals surface area contributed by atoms with Crippen molar-refractivity contribution in [3.63, 3.8) is 0 Å². The number of fused-ring (bicyclic) bond motifs is 1. The number of carbonyl (C=O) groups is 1. The van der Waals surface area contributed by atoms with Gasteiger partial charge in [-0.1, -0.05) is 0 Å². The highest BCUT2D eigenvalue weighted by atomic mass is 19.2. The molecule has 0 unspecified atom stereocenters. The Morgan fingerprint density at radius 3 is 2.48 bits per heavy atom. The van der Waals surface area contributed by atoms with Gasteiger partial charge >= 0.3 is 6.03 Å². The molecule has 2 N–H and O–H groups in total. The van der Waals surface area contributed by atoms with Crippen LogP contribution in [0.2, 0.25) is 0 Å². The van der Waals surface area contributed by atoms with E-state index in [0.29, 0.717) is 12.3 Å². The van der Waals surface area contributed by atoms with E-state index in [1.54, 1.807) is 12.1 Å². The van der Waals surface area contributed by atoms with E-state index in [9.17, 15) is 13.6 Å². The van der Waals surface area contributed by atoms with Crippen molar-refractivity contribution >= 4 is 17.4 Å². The van der Waals surface area contributed by atoms with E-state index in [1.807, 2.05) is 6.07 Å². The van der Waals surface area contributed by atoms with Gasteiger partial charge in [0.05, 0.1) is 6.61 Å². The number of rotatable bonds is 2. The zero-order chi connectivity index (χ0) is 14.8. The van der Waals surface area contributed by atoms with Crippen molar-refractivity contribution in [1.29, 1.82) is 0 Å². The summed E-state index contributed by atoms with van der Waals surface area (Å²) in [4.78, 5) is 11.8. The van der Waals surface area contributed by atoms with Crippen LogP contribution in [-0.4, -0.2) is 12.6 Å². The van der Waals surface area contributed by atoms with Gasteiger partial charge in [-0.2, -0.15) is 0 Å². The average Bonchev–Trinajstić information content (AvgIpc) is 2.90. The molecule has 2 amide bonds. The zero-order valence-corrected chi connectivity index (χ0v) is 11.0. The summed E-state index contributed by atoms with van der Waals surface area (Å²) in [5.41, 5.74) is 1.82. The minimum absolute atomic E-state index is 0.177. The lowest BCUT2D eigenvalue weighted by Gasteiger charge is -2.09. The first-order valence-electron chi connectivity index (χ1n) is 6.40. The lowest BCUT2D eigenvalue weighted by molar-refractivity contribution is 0.262. The molecule has 2 aromatic carbocycles. The van der Waals surface area contributed by atoms with Gasteiger partial charge in [0, 0.05) is 23.9 Å². The van der Waals surface area contributed by atoms with E-state index in [-0.39, 0.29) is 5.69 Å². The molecule has 1 aliphatic heterocycles. The normalized spacial score (nSPS) is 12.5. The summed E-state index contributed by atoms with van der Waals surface area (Å²) in [6.45, 7) is 0.639. The molecular weight excluding hydrogens is 278 g/mol. The third-order valence-electron chi connectivity index (χ3n) is 3.12. The molecule has 108 valence electrons. The van der Waals surface area contributed by atoms with E-state index < -0.39 is 17.7 Å². The van der Waals surface area contributed by atoms with Crippen LogP contribution in [-0.2, 0) is 6.42 Å². The SMILES string of the molecule is O=C(Nc1ccc(F)c(F)c1)Nc1ccc2c(c1)CCO2. The van der Waals surface area contributed by atoms with E-state index in [2.05, 4.69) is 10.6 Å². The van der Waals surface area contributed by atoms with Gasteiger partial charge in [0.15, 0.2) is 11.6 Å². The number of urea groups is 1. The van der Waals surface area contributed by atoms with E-state index in [0.717, 1.165) is 29.9 Å². The lowest BCUT2D eigenvalue weighted by Crippen LogP contribution is -2.19. The van der Waals surface area contributed by atoms with Crippen LogP contribution in [0.4, 0.5) is 25.0 Å². The van der Waals surface area contributed by atoms with Gasteiger partial charge in [-0.25, -0.2) is 13.6 Å². The van der Waals surface area contributed by atoms with Crippen LogP contribution in [0.15, 0.2) is 36.4 Å². The number of carbonyl (C=O) groups excluding carboxylic acids is 1. The fourth-order valence-corrected chi connectivity index (χ4v) is 2.13. The molecule has 6 heteroatoms. The summed E-state index contributed by atoms with van der Waals surface area (Å²) in [7, 11) is 0. The van der Waals surface area contributed by atoms with Crippen LogP contribution in [0.1, 0.15) is 5.56 Å². The molecule has 1 heterocycles. The quantitative estimate of drug-likeness (QED) is 0.888. The highest BCUT2D eigenvalue weighted by molar-refractivity contribution is 5.99. The van der Waals surface area contributed by atoms with E-state index >= 15 is 0 Å². The van der Waals surface area contributed by atoms with Crippen LogP contribution in [0, 0.1) is 11.6 Å². The minimum Gasteiger partial charge on any atom is -0.493 e. The maximum absolute atomic E-state index is 13.0. The first-order valence-corrected chi connectivity index (χ1v) is 6.40. The smallest absolute Gasteiger partial charge is 0.323 e. The molecular formula is C15H12F2N2O2. The van der Waals surface area contributed by atoms with Gasteiger partial charge in [-0.3, -0.25) is 0 Å². The Kier molecular flexibility index (Phi) is 3.43. The van der Waals surface area contributed by atoms with Gasteiger partial charge in [-0.15, -0.1) is 0 Å². The Morgan fingerprint density at radius 1 is 1.00 bits per heavy atom. The minimum atomic E-state index is -1.01. The van der Waals surface area contributed by atoms with Crippen molar-refractivity contribution in [1.82, 2.24) is 0 Å². The number of ether oxygens (including phenoxy) is 1. The van der Waals surface area contributed by atoms with Gasteiger partial charge in [-0.05, 0) is 35.9 Å². The predicted molar refractivity (Wildman–Crippen MR) is 74.6 cm³/mol. The second kappa shape index (κ2) is 5.40. The van der Waals surface area contributed by atoms with Gasteiger partial charge in [0.1, 0.15) is 5.75 Å². The fraction of sp³-hybridized carbons (Fsp3) is 0.133. The molecule has 21 heavy (non-hydrogen) atoms. The number of benzene rings is 2. The van der Waals surface area contributed by atoms with Crippen LogP contribution in [0.5, 0.6) is 5.75 Å². The van der Waals surface area contributed by atoms with Crippen molar-refractivity contribution < 1.29 is 18.3 Å². The van der Waals surface area contributed by atoms with Gasteiger partial charge in [0.2, 0.25) is 0 Å². The summed E-state index contributed by atoms with van der Waals surface area (Å²) in [5, 5.41) is 5.07. The molecule has 0 aromatic heterocycles. The second-order valence-corrected chi connectivity index (χ2v) is 4.63. The number of nitrogens with one attached hydrogen (secondary N) is 2. The lowest BCUT2D eigenvalue weighted by atomic mass is 10.1. The molecule has 0 fully saturated rings. The van der Waals surface area contributed by atoms with Crippen molar-refractivity contribution in [2.45, 2.75) is 6.42 Å². The monoisotopic (exact) mass is 290 g/mol. The molecule has 0 saturated heterocycles. The van der Waals surface area contributed by atoms with Crippen molar-refractivity contribution in [2.24, 2.45) is 0 Å².